The topological polar surface area (TPSA) is 177 Å². The Kier molecular flexibility index (Phi) is 6.43. The monoisotopic (exact) mass is 540 g/mol. The number of thioether (sulfide) groups is 1. The first-order chi connectivity index (χ1) is 17.8. The molecule has 14 heteroatoms. The Morgan fingerprint density at radius 3 is 2.81 bits per heavy atom. The number of amides is 2. The van der Waals surface area contributed by atoms with Crippen LogP contribution in [0.2, 0.25) is 0 Å². The van der Waals surface area contributed by atoms with E-state index in [1.54, 1.807) is 11.6 Å². The molecule has 3 aromatic rings. The Morgan fingerprint density at radius 2 is 2.11 bits per heavy atom. The van der Waals surface area contributed by atoms with E-state index in [0.29, 0.717) is 17.0 Å². The maximum absolute atomic E-state index is 13.1. The van der Waals surface area contributed by atoms with Gasteiger partial charge in [-0.1, -0.05) is 23.4 Å². The second kappa shape index (κ2) is 9.71. The van der Waals surface area contributed by atoms with Crippen molar-refractivity contribution in [2.24, 2.45) is 5.16 Å². The van der Waals surface area contributed by atoms with Crippen molar-refractivity contribution in [3.05, 3.63) is 59.0 Å². The number of fused-ring (bicyclic) bond motifs is 2. The second-order valence-electron chi connectivity index (χ2n) is 8.28. The first kappa shape index (κ1) is 24.5. The minimum atomic E-state index is -1.22. The summed E-state index contributed by atoms with van der Waals surface area (Å²) in [5.41, 5.74) is 13.0. The Bertz CT molecular complexity index is 1500. The van der Waals surface area contributed by atoms with Crippen molar-refractivity contribution >= 4 is 68.2 Å². The van der Waals surface area contributed by atoms with Gasteiger partial charge in [-0.2, -0.15) is 4.57 Å². The number of thiazole rings is 1. The number of benzene rings is 1. The van der Waals surface area contributed by atoms with E-state index in [0.717, 1.165) is 22.1 Å². The number of carbonyl (C=O) groups excluding carboxylic acids is 2. The first-order valence-corrected chi connectivity index (χ1v) is 12.9. The summed E-state index contributed by atoms with van der Waals surface area (Å²) in [6, 6.07) is 6.70. The van der Waals surface area contributed by atoms with E-state index in [1.165, 1.54) is 23.8 Å². The predicted molar refractivity (Wildman–Crippen MR) is 138 cm³/mol. The van der Waals surface area contributed by atoms with E-state index in [4.69, 9.17) is 16.3 Å². The van der Waals surface area contributed by atoms with Gasteiger partial charge in [-0.15, -0.1) is 23.1 Å². The van der Waals surface area contributed by atoms with Gasteiger partial charge in [-0.3, -0.25) is 14.5 Å². The lowest BCUT2D eigenvalue weighted by Gasteiger charge is -2.49. The van der Waals surface area contributed by atoms with Gasteiger partial charge in [0.05, 0.1) is 0 Å². The van der Waals surface area contributed by atoms with Crippen molar-refractivity contribution in [1.82, 2.24) is 15.2 Å². The maximum atomic E-state index is 13.1. The Balaban J connectivity index is 1.38. The number of aliphatic carboxylic acids is 1. The molecule has 5 rings (SSSR count). The molecule has 1 saturated heterocycles. The number of carbonyl (C=O) groups is 3. The molecule has 0 saturated carbocycles. The number of pyridine rings is 1. The molecule has 0 radical (unpaired) electrons. The highest BCUT2D eigenvalue weighted by Gasteiger charge is 2.54. The molecule has 1 unspecified atom stereocenters. The lowest BCUT2D eigenvalue weighted by molar-refractivity contribution is -0.687. The number of aromatic nitrogens is 2. The lowest BCUT2D eigenvalue weighted by Crippen LogP contribution is -2.71. The van der Waals surface area contributed by atoms with Crippen molar-refractivity contribution in [3.63, 3.8) is 0 Å². The SMILES string of the molecule is CON=C(C(=O)NC1C(=O)N2C(C(=O)O)=C(C[n+]3cc(N)c4ccccc4c3)CS[C@@H]12)c1csc(N)n1. The molecule has 1 aromatic carbocycles. The number of β-lactam (4-membered cyclic amide) rings is 1. The third kappa shape index (κ3) is 4.44. The summed E-state index contributed by atoms with van der Waals surface area (Å²) in [4.78, 5) is 48.2. The molecule has 6 N–H and O–H groups in total. The van der Waals surface area contributed by atoms with Crippen LogP contribution in [0.5, 0.6) is 0 Å². The van der Waals surface area contributed by atoms with Crippen LogP contribution in [0, 0.1) is 0 Å². The quantitative estimate of drug-likeness (QED) is 0.144. The van der Waals surface area contributed by atoms with Gasteiger partial charge in [0.2, 0.25) is 0 Å². The van der Waals surface area contributed by atoms with E-state index < -0.39 is 29.2 Å². The Labute approximate surface area is 218 Å². The van der Waals surface area contributed by atoms with E-state index in [2.05, 4.69) is 15.5 Å². The van der Waals surface area contributed by atoms with Crippen LogP contribution in [-0.2, 0) is 25.8 Å². The van der Waals surface area contributed by atoms with E-state index in [-0.39, 0.29) is 28.8 Å². The zero-order chi connectivity index (χ0) is 26.3. The third-order valence-corrected chi connectivity index (χ3v) is 7.97. The lowest BCUT2D eigenvalue weighted by atomic mass is 10.0. The van der Waals surface area contributed by atoms with Crippen LogP contribution in [0.15, 0.2) is 58.5 Å². The van der Waals surface area contributed by atoms with Crippen molar-refractivity contribution in [3.8, 4) is 0 Å². The fourth-order valence-electron chi connectivity index (χ4n) is 4.35. The molecule has 2 aliphatic rings. The molecule has 2 atom stereocenters. The summed E-state index contributed by atoms with van der Waals surface area (Å²) >= 11 is 2.50. The van der Waals surface area contributed by atoms with Crippen molar-refractivity contribution in [1.29, 1.82) is 0 Å². The molecule has 0 bridgehead atoms. The fourth-order valence-corrected chi connectivity index (χ4v) is 6.24. The largest absolute Gasteiger partial charge is 0.477 e. The van der Waals surface area contributed by atoms with Gasteiger partial charge in [0.25, 0.3) is 11.8 Å². The molecule has 0 aliphatic carbocycles. The van der Waals surface area contributed by atoms with E-state index >= 15 is 0 Å². The van der Waals surface area contributed by atoms with Crippen LogP contribution >= 0.6 is 23.1 Å². The van der Waals surface area contributed by atoms with Crippen LogP contribution in [0.4, 0.5) is 10.8 Å². The average Bonchev–Trinajstić information content (AvgIpc) is 3.31. The number of hydrogen-bond acceptors (Lipinski definition) is 10. The van der Waals surface area contributed by atoms with E-state index in [9.17, 15) is 19.5 Å². The highest BCUT2D eigenvalue weighted by atomic mass is 32.2. The maximum Gasteiger partial charge on any atom is 0.352 e. The third-order valence-electron chi connectivity index (χ3n) is 5.95. The normalized spacial score (nSPS) is 19.4. The summed E-state index contributed by atoms with van der Waals surface area (Å²) in [5, 5.41) is 19.4. The fraction of sp³-hybridized carbons (Fsp3) is 0.217. The van der Waals surface area contributed by atoms with Gasteiger partial charge < -0.3 is 26.7 Å². The molecule has 2 amide bonds. The van der Waals surface area contributed by atoms with Crippen molar-refractivity contribution in [2.45, 2.75) is 18.0 Å². The average molecular weight is 541 g/mol. The summed E-state index contributed by atoms with van der Waals surface area (Å²) in [7, 11) is 1.28. The Hall–Kier alpha value is -4.17. The summed E-state index contributed by atoms with van der Waals surface area (Å²) in [6.07, 6.45) is 3.63. The number of carboxylic acid groups (broad SMARTS) is 1. The highest BCUT2D eigenvalue weighted by molar-refractivity contribution is 8.00. The summed E-state index contributed by atoms with van der Waals surface area (Å²) < 4.78 is 1.81. The smallest absolute Gasteiger partial charge is 0.352 e. The minimum Gasteiger partial charge on any atom is -0.477 e. The summed E-state index contributed by atoms with van der Waals surface area (Å²) in [6.45, 7) is 0.243. The number of nitrogens with one attached hydrogen (secondary N) is 1. The number of nitrogens with zero attached hydrogens (tertiary/aromatic N) is 4. The molecule has 2 aromatic heterocycles. The standard InChI is InChI=1S/C23H21N7O5S2/c1-35-28-16(15-10-37-23(25)26-15)19(31)27-17-20(32)30-18(22(33)34)12(9-36-21(17)30)7-29-6-11-4-2-3-5-13(11)14(24)8-29/h2-6,8,10,17,21H,7,9,24H2,1H3,(H3-,25,26,27,31,33,34)/p+1/t17?,21-/m0/s1. The number of hydrogen-bond donors (Lipinski definition) is 4. The molecule has 1 fully saturated rings. The molecule has 2 aliphatic heterocycles. The number of nitrogens with two attached hydrogens (primary N) is 2. The van der Waals surface area contributed by atoms with Crippen molar-refractivity contribution in [2.75, 3.05) is 24.3 Å². The number of oxime groups is 1. The van der Waals surface area contributed by atoms with Gasteiger partial charge in [0, 0.05) is 27.5 Å². The van der Waals surface area contributed by atoms with Gasteiger partial charge >= 0.3 is 5.97 Å². The minimum absolute atomic E-state index is 0.0865. The van der Waals surface area contributed by atoms with Gasteiger partial charge in [-0.25, -0.2) is 9.78 Å². The van der Waals surface area contributed by atoms with Crippen LogP contribution < -0.4 is 21.4 Å². The molecule has 4 heterocycles. The van der Waals surface area contributed by atoms with Gasteiger partial charge in [0.15, 0.2) is 29.8 Å². The summed E-state index contributed by atoms with van der Waals surface area (Å²) in [5.74, 6) is -2.07. The number of nitrogen functional groups attached to an aromatic ring is 2. The number of carboxylic acids is 1. The highest BCUT2D eigenvalue weighted by Crippen LogP contribution is 2.40. The molecular formula is C23H22N7O5S2+. The second-order valence-corrected chi connectivity index (χ2v) is 10.3. The zero-order valence-electron chi connectivity index (χ0n) is 19.5. The first-order valence-electron chi connectivity index (χ1n) is 11.0. The zero-order valence-corrected chi connectivity index (χ0v) is 21.1. The van der Waals surface area contributed by atoms with Gasteiger partial charge in [0.1, 0.15) is 35.6 Å². The Morgan fingerprint density at radius 1 is 1.32 bits per heavy atom. The van der Waals surface area contributed by atoms with Crippen molar-refractivity contribution < 1.29 is 28.9 Å². The van der Waals surface area contributed by atoms with Crippen LogP contribution in [-0.4, -0.2) is 62.8 Å². The van der Waals surface area contributed by atoms with Crippen LogP contribution in [0.3, 0.4) is 0 Å². The van der Waals surface area contributed by atoms with Crippen LogP contribution in [0.1, 0.15) is 5.69 Å². The number of rotatable bonds is 7. The predicted octanol–water partition coefficient (Wildman–Crippen LogP) is 0.538. The van der Waals surface area contributed by atoms with Gasteiger partial charge in [-0.05, 0) is 6.07 Å². The van der Waals surface area contributed by atoms with Crippen LogP contribution in [0.25, 0.3) is 10.8 Å². The molecule has 12 nitrogen and oxygen atoms in total. The molecule has 0 spiro atoms. The van der Waals surface area contributed by atoms with E-state index in [1.807, 2.05) is 35.0 Å². The molecule has 37 heavy (non-hydrogen) atoms. The molecular weight excluding hydrogens is 518 g/mol. The molecule has 190 valence electrons. The number of anilines is 2.